The van der Waals surface area contributed by atoms with E-state index in [9.17, 15) is 9.90 Å². The lowest BCUT2D eigenvalue weighted by molar-refractivity contribution is 0.0303. The zero-order valence-electron chi connectivity index (χ0n) is 17.9. The highest BCUT2D eigenvalue weighted by Gasteiger charge is 2.35. The normalized spacial score (nSPS) is 20.6. The molecule has 0 aliphatic carbocycles. The lowest BCUT2D eigenvalue weighted by Crippen LogP contribution is -2.43. The molecule has 1 amide bonds. The van der Waals surface area contributed by atoms with Crippen molar-refractivity contribution in [2.75, 3.05) is 29.9 Å². The summed E-state index contributed by atoms with van der Waals surface area (Å²) in [4.78, 5) is 24.5. The van der Waals surface area contributed by atoms with Gasteiger partial charge in [0.25, 0.3) is 0 Å². The van der Waals surface area contributed by atoms with E-state index in [4.69, 9.17) is 14.7 Å². The number of aromatic nitrogens is 4. The third kappa shape index (κ3) is 3.48. The fourth-order valence-electron chi connectivity index (χ4n) is 4.39. The standard InChI is InChI=1S/C22H26N6O3/c1-13(2)28-21-18(10-23-28)20(27-11-16-8-9-17(12-27)31-16)24-19(25-21)14-4-6-15(7-5-14)26(3)22(29)30/h4-7,10,13,16-17H,8-9,11-12H2,1-3H3,(H,29,30). The molecular formula is C22H26N6O3. The monoisotopic (exact) mass is 422 g/mol. The summed E-state index contributed by atoms with van der Waals surface area (Å²) < 4.78 is 7.94. The second kappa shape index (κ2) is 7.49. The van der Waals surface area contributed by atoms with Crippen molar-refractivity contribution in [2.24, 2.45) is 0 Å². The number of rotatable bonds is 4. The molecule has 2 aliphatic rings. The maximum absolute atomic E-state index is 11.2. The summed E-state index contributed by atoms with van der Waals surface area (Å²) in [6, 6.07) is 7.43. The lowest BCUT2D eigenvalue weighted by Gasteiger charge is -2.33. The first kappa shape index (κ1) is 19.7. The van der Waals surface area contributed by atoms with E-state index in [0.29, 0.717) is 11.5 Å². The number of hydrogen-bond acceptors (Lipinski definition) is 6. The van der Waals surface area contributed by atoms with Crippen LogP contribution < -0.4 is 9.80 Å². The predicted octanol–water partition coefficient (Wildman–Crippen LogP) is 3.56. The van der Waals surface area contributed by atoms with Crippen molar-refractivity contribution in [3.8, 4) is 11.4 Å². The van der Waals surface area contributed by atoms with Gasteiger partial charge in [0.15, 0.2) is 11.5 Å². The van der Waals surface area contributed by atoms with Crippen molar-refractivity contribution in [2.45, 2.75) is 44.9 Å². The highest BCUT2D eigenvalue weighted by Crippen LogP contribution is 2.34. The van der Waals surface area contributed by atoms with E-state index in [1.54, 1.807) is 12.1 Å². The van der Waals surface area contributed by atoms with E-state index < -0.39 is 6.09 Å². The summed E-state index contributed by atoms with van der Waals surface area (Å²) in [6.45, 7) is 5.80. The first-order chi connectivity index (χ1) is 14.9. The Morgan fingerprint density at radius 2 is 1.84 bits per heavy atom. The molecule has 9 nitrogen and oxygen atoms in total. The molecule has 0 radical (unpaired) electrons. The molecule has 31 heavy (non-hydrogen) atoms. The van der Waals surface area contributed by atoms with Crippen LogP contribution in [0.4, 0.5) is 16.3 Å². The van der Waals surface area contributed by atoms with Gasteiger partial charge < -0.3 is 14.7 Å². The smallest absolute Gasteiger partial charge is 0.411 e. The Morgan fingerprint density at radius 1 is 1.16 bits per heavy atom. The molecule has 2 bridgehead atoms. The summed E-state index contributed by atoms with van der Waals surface area (Å²) in [5.41, 5.74) is 2.23. The number of ether oxygens (including phenoxy) is 1. The average Bonchev–Trinajstić information content (AvgIpc) is 3.35. The van der Waals surface area contributed by atoms with Crippen LogP contribution in [0.3, 0.4) is 0 Å². The SMILES string of the molecule is CC(C)n1ncc2c(N3CC4CCC(C3)O4)nc(-c3ccc(N(C)C(=O)O)cc3)nc21. The lowest BCUT2D eigenvalue weighted by atomic mass is 10.1. The number of amides is 1. The van der Waals surface area contributed by atoms with Gasteiger partial charge in [0.2, 0.25) is 0 Å². The quantitative estimate of drug-likeness (QED) is 0.687. The van der Waals surface area contributed by atoms with Crippen LogP contribution in [0.1, 0.15) is 32.7 Å². The second-order valence-corrected chi connectivity index (χ2v) is 8.54. The largest absolute Gasteiger partial charge is 0.465 e. The van der Waals surface area contributed by atoms with Crippen LogP contribution >= 0.6 is 0 Å². The summed E-state index contributed by atoms with van der Waals surface area (Å²) in [5.74, 6) is 1.49. The number of carbonyl (C=O) groups is 1. The average molecular weight is 422 g/mol. The van der Waals surface area contributed by atoms with Crippen LogP contribution in [-0.2, 0) is 4.74 Å². The molecule has 1 N–H and O–H groups in total. The highest BCUT2D eigenvalue weighted by molar-refractivity contribution is 5.89. The minimum atomic E-state index is -1.00. The van der Waals surface area contributed by atoms with Crippen LogP contribution in [0.5, 0.6) is 0 Å². The van der Waals surface area contributed by atoms with E-state index in [-0.39, 0.29) is 18.2 Å². The van der Waals surface area contributed by atoms with E-state index in [0.717, 1.165) is 48.3 Å². The van der Waals surface area contributed by atoms with Gasteiger partial charge in [-0.1, -0.05) is 0 Å². The van der Waals surface area contributed by atoms with Crippen LogP contribution in [0.25, 0.3) is 22.4 Å². The first-order valence-electron chi connectivity index (χ1n) is 10.6. The molecule has 2 unspecified atom stereocenters. The van der Waals surface area contributed by atoms with Crippen molar-refractivity contribution < 1.29 is 14.6 Å². The number of benzene rings is 1. The summed E-state index contributed by atoms with van der Waals surface area (Å²) in [5, 5.41) is 14.7. The Balaban J connectivity index is 1.60. The Bertz CT molecular complexity index is 1110. The zero-order valence-corrected chi connectivity index (χ0v) is 17.9. The maximum atomic E-state index is 11.2. The summed E-state index contributed by atoms with van der Waals surface area (Å²) in [7, 11) is 1.52. The van der Waals surface area contributed by atoms with Crippen molar-refractivity contribution in [1.82, 2.24) is 19.7 Å². The van der Waals surface area contributed by atoms with Gasteiger partial charge in [0.05, 0.1) is 23.8 Å². The molecule has 2 aliphatic heterocycles. The van der Waals surface area contributed by atoms with Gasteiger partial charge in [-0.2, -0.15) is 5.10 Å². The topological polar surface area (TPSA) is 96.6 Å². The van der Waals surface area contributed by atoms with E-state index in [2.05, 4.69) is 23.8 Å². The number of morpholine rings is 1. The number of nitrogens with zero attached hydrogens (tertiary/aromatic N) is 6. The molecular weight excluding hydrogens is 396 g/mol. The molecule has 9 heteroatoms. The Morgan fingerprint density at radius 3 is 2.45 bits per heavy atom. The number of hydrogen-bond donors (Lipinski definition) is 1. The Labute approximate surface area is 180 Å². The van der Waals surface area contributed by atoms with Crippen LogP contribution in [0, 0.1) is 0 Å². The van der Waals surface area contributed by atoms with Crippen LogP contribution in [0.15, 0.2) is 30.5 Å². The summed E-state index contributed by atoms with van der Waals surface area (Å²) in [6.07, 6.45) is 3.53. The minimum absolute atomic E-state index is 0.167. The second-order valence-electron chi connectivity index (χ2n) is 8.54. The van der Waals surface area contributed by atoms with Crippen molar-refractivity contribution in [1.29, 1.82) is 0 Å². The molecule has 1 aromatic carbocycles. The van der Waals surface area contributed by atoms with Crippen LogP contribution in [0.2, 0.25) is 0 Å². The molecule has 2 aromatic heterocycles. The van der Waals surface area contributed by atoms with Gasteiger partial charge in [-0.25, -0.2) is 19.4 Å². The zero-order chi connectivity index (χ0) is 21.7. The molecule has 2 atom stereocenters. The maximum Gasteiger partial charge on any atom is 0.411 e. The van der Waals surface area contributed by atoms with Gasteiger partial charge >= 0.3 is 6.09 Å². The fraction of sp³-hybridized carbons (Fsp3) is 0.455. The molecule has 2 saturated heterocycles. The van der Waals surface area contributed by atoms with E-state index >= 15 is 0 Å². The van der Waals surface area contributed by atoms with E-state index in [1.165, 1.54) is 11.9 Å². The Hall–Kier alpha value is -3.20. The molecule has 2 fully saturated rings. The molecule has 162 valence electrons. The highest BCUT2D eigenvalue weighted by atomic mass is 16.5. The minimum Gasteiger partial charge on any atom is -0.465 e. The van der Waals surface area contributed by atoms with Crippen molar-refractivity contribution >= 4 is 28.6 Å². The third-order valence-corrected chi connectivity index (χ3v) is 6.07. The van der Waals surface area contributed by atoms with Crippen molar-refractivity contribution in [3.63, 3.8) is 0 Å². The number of fused-ring (bicyclic) bond motifs is 3. The van der Waals surface area contributed by atoms with Crippen LogP contribution in [-0.4, -0.2) is 63.3 Å². The third-order valence-electron chi connectivity index (χ3n) is 6.07. The molecule has 0 spiro atoms. The molecule has 5 rings (SSSR count). The number of carboxylic acid groups (broad SMARTS) is 1. The Kier molecular flexibility index (Phi) is 4.77. The van der Waals surface area contributed by atoms with Gasteiger partial charge in [0.1, 0.15) is 5.82 Å². The molecule has 3 aromatic rings. The van der Waals surface area contributed by atoms with Gasteiger partial charge in [0, 0.05) is 37.4 Å². The predicted molar refractivity (Wildman–Crippen MR) is 118 cm³/mol. The molecule has 0 saturated carbocycles. The number of anilines is 2. The molecule has 4 heterocycles. The van der Waals surface area contributed by atoms with E-state index in [1.807, 2.05) is 23.0 Å². The summed E-state index contributed by atoms with van der Waals surface area (Å²) >= 11 is 0. The van der Waals surface area contributed by atoms with Gasteiger partial charge in [-0.05, 0) is 51.0 Å². The van der Waals surface area contributed by atoms with Gasteiger partial charge in [-0.3, -0.25) is 4.90 Å². The fourth-order valence-corrected chi connectivity index (χ4v) is 4.39. The van der Waals surface area contributed by atoms with Crippen molar-refractivity contribution in [3.05, 3.63) is 30.5 Å². The van der Waals surface area contributed by atoms with Gasteiger partial charge in [-0.15, -0.1) is 0 Å². The first-order valence-corrected chi connectivity index (χ1v) is 10.6.